The van der Waals surface area contributed by atoms with Gasteiger partial charge in [0.1, 0.15) is 0 Å². The van der Waals surface area contributed by atoms with Crippen LogP contribution in [0.4, 0.5) is 0 Å². The first-order valence-corrected chi connectivity index (χ1v) is 7.41. The van der Waals surface area contributed by atoms with Crippen LogP contribution in [0, 0.1) is 5.92 Å². The molecule has 0 heterocycles. The zero-order valence-corrected chi connectivity index (χ0v) is 12.4. The van der Waals surface area contributed by atoms with E-state index in [1.54, 1.807) is 24.3 Å². The number of amides is 2. The molecule has 5 nitrogen and oxygen atoms in total. The molecule has 0 aromatic heterocycles. The van der Waals surface area contributed by atoms with E-state index < -0.39 is 0 Å². The van der Waals surface area contributed by atoms with Gasteiger partial charge < -0.3 is 5.73 Å². The van der Waals surface area contributed by atoms with Gasteiger partial charge in [-0.3, -0.25) is 19.8 Å². The van der Waals surface area contributed by atoms with Gasteiger partial charge in [-0.1, -0.05) is 24.6 Å². The van der Waals surface area contributed by atoms with E-state index in [0.717, 1.165) is 19.3 Å². The van der Waals surface area contributed by atoms with Crippen LogP contribution in [0.1, 0.15) is 29.6 Å². The molecule has 0 aliphatic heterocycles. The van der Waals surface area contributed by atoms with E-state index in [2.05, 4.69) is 5.32 Å². The Hall–Kier alpha value is -1.72. The van der Waals surface area contributed by atoms with E-state index in [-0.39, 0.29) is 18.4 Å². The second kappa shape index (κ2) is 7.33. The molecule has 0 saturated heterocycles. The summed E-state index contributed by atoms with van der Waals surface area (Å²) >= 11 is 0. The molecular weight excluding hydrogens is 266 g/mol. The van der Waals surface area contributed by atoms with E-state index in [9.17, 15) is 9.59 Å². The summed E-state index contributed by atoms with van der Waals surface area (Å²) in [7, 11) is 1.92. The van der Waals surface area contributed by atoms with Crippen molar-refractivity contribution in [2.75, 3.05) is 20.1 Å². The Morgan fingerprint density at radius 1 is 1.29 bits per heavy atom. The first-order valence-electron chi connectivity index (χ1n) is 7.41. The molecule has 2 rings (SSSR count). The number of imide groups is 1. The lowest BCUT2D eigenvalue weighted by Gasteiger charge is -2.28. The summed E-state index contributed by atoms with van der Waals surface area (Å²) in [6, 6.07) is 9.10. The summed E-state index contributed by atoms with van der Waals surface area (Å²) in [4.78, 5) is 25.9. The maximum Gasteiger partial charge on any atom is 0.257 e. The minimum Gasteiger partial charge on any atom is -0.330 e. The van der Waals surface area contributed by atoms with Crippen molar-refractivity contribution in [2.45, 2.75) is 25.3 Å². The number of nitrogens with two attached hydrogens (primary N) is 1. The lowest BCUT2D eigenvalue weighted by Crippen LogP contribution is -2.44. The van der Waals surface area contributed by atoms with Gasteiger partial charge in [0.05, 0.1) is 6.54 Å². The van der Waals surface area contributed by atoms with Crippen molar-refractivity contribution in [3.8, 4) is 0 Å². The van der Waals surface area contributed by atoms with Gasteiger partial charge in [0.2, 0.25) is 5.91 Å². The van der Waals surface area contributed by atoms with Gasteiger partial charge in [0, 0.05) is 11.6 Å². The van der Waals surface area contributed by atoms with Gasteiger partial charge in [-0.05, 0) is 44.5 Å². The number of nitrogens with zero attached hydrogens (tertiary/aromatic N) is 1. The molecule has 1 aliphatic carbocycles. The number of rotatable bonds is 5. The Bertz CT molecular complexity index is 490. The lowest BCUT2D eigenvalue weighted by atomic mass is 10.0. The summed E-state index contributed by atoms with van der Waals surface area (Å²) in [5, 5.41) is 2.43. The SMILES string of the molecule is CN(CC(=O)NC(=O)c1ccccc1)C1CCCC1CN. The molecule has 5 heteroatoms. The maximum atomic E-state index is 12.0. The minimum absolute atomic E-state index is 0.222. The fraction of sp³-hybridized carbons (Fsp3) is 0.500. The fourth-order valence-corrected chi connectivity index (χ4v) is 3.04. The molecule has 1 saturated carbocycles. The normalized spacial score (nSPS) is 21.5. The Morgan fingerprint density at radius 2 is 2.00 bits per heavy atom. The van der Waals surface area contributed by atoms with Crippen LogP contribution < -0.4 is 11.1 Å². The van der Waals surface area contributed by atoms with Gasteiger partial charge in [0.25, 0.3) is 5.91 Å². The highest BCUT2D eigenvalue weighted by atomic mass is 16.2. The highest BCUT2D eigenvalue weighted by Crippen LogP contribution is 2.28. The summed E-state index contributed by atoms with van der Waals surface area (Å²) < 4.78 is 0. The van der Waals surface area contributed by atoms with Crippen LogP contribution in [0.5, 0.6) is 0 Å². The molecule has 21 heavy (non-hydrogen) atoms. The monoisotopic (exact) mass is 289 g/mol. The third kappa shape index (κ3) is 4.12. The summed E-state index contributed by atoms with van der Waals surface area (Å²) in [5.74, 6) is -0.169. The topological polar surface area (TPSA) is 75.4 Å². The minimum atomic E-state index is -0.351. The Balaban J connectivity index is 1.85. The molecule has 2 unspecified atom stereocenters. The zero-order chi connectivity index (χ0) is 15.2. The highest BCUT2D eigenvalue weighted by molar-refractivity contribution is 6.05. The molecule has 0 spiro atoms. The van der Waals surface area contributed by atoms with Crippen molar-refractivity contribution in [1.29, 1.82) is 0 Å². The number of carbonyl (C=O) groups is 2. The van der Waals surface area contributed by atoms with E-state index >= 15 is 0 Å². The molecule has 3 N–H and O–H groups in total. The zero-order valence-electron chi connectivity index (χ0n) is 12.4. The molecule has 1 aliphatic rings. The predicted molar refractivity (Wildman–Crippen MR) is 81.7 cm³/mol. The standard InChI is InChI=1S/C16H23N3O2/c1-19(14-9-5-8-13(14)10-17)11-15(20)18-16(21)12-6-3-2-4-7-12/h2-4,6-7,13-14H,5,8-11,17H2,1H3,(H,18,20,21). The quantitative estimate of drug-likeness (QED) is 0.848. The highest BCUT2D eigenvalue weighted by Gasteiger charge is 2.30. The van der Waals surface area contributed by atoms with Crippen LogP contribution in [-0.4, -0.2) is 42.9 Å². The van der Waals surface area contributed by atoms with Crippen LogP contribution in [0.3, 0.4) is 0 Å². The number of likely N-dealkylation sites (N-methyl/N-ethyl adjacent to an activating group) is 1. The van der Waals surface area contributed by atoms with Gasteiger partial charge >= 0.3 is 0 Å². The molecule has 0 radical (unpaired) electrons. The molecule has 114 valence electrons. The average molecular weight is 289 g/mol. The fourth-order valence-electron chi connectivity index (χ4n) is 3.04. The Morgan fingerprint density at radius 3 is 2.67 bits per heavy atom. The first kappa shape index (κ1) is 15.7. The number of hydrogen-bond donors (Lipinski definition) is 2. The van der Waals surface area contributed by atoms with Gasteiger partial charge in [-0.25, -0.2) is 0 Å². The smallest absolute Gasteiger partial charge is 0.257 e. The number of hydrogen-bond acceptors (Lipinski definition) is 4. The summed E-state index contributed by atoms with van der Waals surface area (Å²) in [5.41, 5.74) is 6.26. The lowest BCUT2D eigenvalue weighted by molar-refractivity contribution is -0.121. The third-order valence-electron chi connectivity index (χ3n) is 4.17. The van der Waals surface area contributed by atoms with Crippen LogP contribution >= 0.6 is 0 Å². The maximum absolute atomic E-state index is 12.0. The number of carbonyl (C=O) groups excluding carboxylic acids is 2. The Labute approximate surface area is 125 Å². The van der Waals surface area contributed by atoms with E-state index in [0.29, 0.717) is 24.1 Å². The third-order valence-corrected chi connectivity index (χ3v) is 4.17. The average Bonchev–Trinajstić information content (AvgIpc) is 2.96. The summed E-state index contributed by atoms with van der Waals surface area (Å²) in [6.07, 6.45) is 3.34. The molecule has 1 aromatic carbocycles. The van der Waals surface area contributed by atoms with Crippen molar-refractivity contribution in [1.82, 2.24) is 10.2 Å². The Kier molecular flexibility index (Phi) is 5.47. The molecular formula is C16H23N3O2. The van der Waals surface area contributed by atoms with Crippen molar-refractivity contribution < 1.29 is 9.59 Å². The van der Waals surface area contributed by atoms with E-state index in [1.807, 2.05) is 18.0 Å². The molecule has 0 bridgehead atoms. The van der Waals surface area contributed by atoms with Gasteiger partial charge in [0.15, 0.2) is 0 Å². The number of nitrogens with one attached hydrogen (secondary N) is 1. The van der Waals surface area contributed by atoms with Gasteiger partial charge in [-0.2, -0.15) is 0 Å². The second-order valence-corrected chi connectivity index (χ2v) is 5.65. The van der Waals surface area contributed by atoms with Crippen molar-refractivity contribution in [2.24, 2.45) is 11.7 Å². The molecule has 1 fully saturated rings. The van der Waals surface area contributed by atoms with Gasteiger partial charge in [-0.15, -0.1) is 0 Å². The number of benzene rings is 1. The summed E-state index contributed by atoms with van der Waals surface area (Å²) in [6.45, 7) is 0.874. The van der Waals surface area contributed by atoms with E-state index in [4.69, 9.17) is 5.73 Å². The van der Waals surface area contributed by atoms with Crippen LogP contribution in [0.15, 0.2) is 30.3 Å². The van der Waals surface area contributed by atoms with Crippen LogP contribution in [0.2, 0.25) is 0 Å². The van der Waals surface area contributed by atoms with E-state index in [1.165, 1.54) is 0 Å². The molecule has 2 atom stereocenters. The molecule has 1 aromatic rings. The largest absolute Gasteiger partial charge is 0.330 e. The van der Waals surface area contributed by atoms with Crippen LogP contribution in [-0.2, 0) is 4.79 Å². The first-order chi connectivity index (χ1) is 10.1. The molecule has 2 amide bonds. The van der Waals surface area contributed by atoms with Crippen molar-refractivity contribution in [3.05, 3.63) is 35.9 Å². The second-order valence-electron chi connectivity index (χ2n) is 5.65. The predicted octanol–water partition coefficient (Wildman–Crippen LogP) is 1.00. The van der Waals surface area contributed by atoms with Crippen molar-refractivity contribution >= 4 is 11.8 Å². The van der Waals surface area contributed by atoms with Crippen LogP contribution in [0.25, 0.3) is 0 Å². The van der Waals surface area contributed by atoms with Crippen molar-refractivity contribution in [3.63, 3.8) is 0 Å².